The number of aromatic nitrogens is 1. The van der Waals surface area contributed by atoms with E-state index in [2.05, 4.69) is 5.32 Å². The number of benzene rings is 2. The second-order valence-electron chi connectivity index (χ2n) is 7.02. The van der Waals surface area contributed by atoms with Crippen LogP contribution < -0.4 is 21.3 Å². The molecule has 0 atom stereocenters. The number of para-hydroxylation sites is 1. The van der Waals surface area contributed by atoms with Gasteiger partial charge in [-0.25, -0.2) is 0 Å². The van der Waals surface area contributed by atoms with Crippen molar-refractivity contribution in [2.24, 2.45) is 5.73 Å². The summed E-state index contributed by atoms with van der Waals surface area (Å²) in [6, 6.07) is 15.9. The summed E-state index contributed by atoms with van der Waals surface area (Å²) in [7, 11) is 1.36. The molecule has 8 nitrogen and oxygen atoms in total. The molecule has 0 spiro atoms. The van der Waals surface area contributed by atoms with E-state index in [1.807, 2.05) is 18.2 Å². The fourth-order valence-corrected chi connectivity index (χ4v) is 4.76. The van der Waals surface area contributed by atoms with E-state index in [1.54, 1.807) is 36.4 Å². The molecule has 4 rings (SSSR count). The van der Waals surface area contributed by atoms with Gasteiger partial charge in [0.2, 0.25) is 5.91 Å². The number of hydrogen-bond donors (Lipinski definition) is 2. The number of primary amides is 1. The lowest BCUT2D eigenvalue weighted by Gasteiger charge is -2.11. The molecular weight excluding hydrogens is 430 g/mol. The number of thiophene rings is 1. The monoisotopic (exact) mass is 449 g/mol. The van der Waals surface area contributed by atoms with Gasteiger partial charge >= 0.3 is 0 Å². The number of ketones is 1. The summed E-state index contributed by atoms with van der Waals surface area (Å²) >= 11 is 1.09. The summed E-state index contributed by atoms with van der Waals surface area (Å²) in [5.74, 6) is -1.38. The quantitative estimate of drug-likeness (QED) is 0.420. The maximum Gasteiger partial charge on any atom is 0.265 e. The van der Waals surface area contributed by atoms with Gasteiger partial charge < -0.3 is 15.8 Å². The number of ether oxygens (including phenoxy) is 1. The summed E-state index contributed by atoms with van der Waals surface area (Å²) in [4.78, 5) is 50.2. The Morgan fingerprint density at radius 2 is 1.75 bits per heavy atom. The van der Waals surface area contributed by atoms with E-state index < -0.39 is 17.4 Å². The van der Waals surface area contributed by atoms with Crippen molar-refractivity contribution in [1.29, 1.82) is 0 Å². The smallest absolute Gasteiger partial charge is 0.265 e. The highest BCUT2D eigenvalue weighted by Crippen LogP contribution is 2.39. The van der Waals surface area contributed by atoms with Gasteiger partial charge in [-0.15, -0.1) is 11.3 Å². The third-order valence-electron chi connectivity index (χ3n) is 4.99. The molecule has 0 aliphatic heterocycles. The van der Waals surface area contributed by atoms with Crippen LogP contribution in [0.25, 0.3) is 21.0 Å². The summed E-state index contributed by atoms with van der Waals surface area (Å²) < 4.78 is 7.40. The molecule has 0 radical (unpaired) electrons. The van der Waals surface area contributed by atoms with E-state index in [0.717, 1.165) is 11.3 Å². The molecule has 0 saturated carbocycles. The number of Topliss-reactive ketones (excluding diaryl/α,β-unsaturated/α-hetero) is 1. The number of hydrogen-bond acceptors (Lipinski definition) is 6. The molecule has 0 unspecified atom stereocenters. The molecule has 162 valence electrons. The van der Waals surface area contributed by atoms with Crippen LogP contribution in [0.1, 0.15) is 20.0 Å². The molecule has 0 saturated heterocycles. The minimum Gasteiger partial charge on any atom is -0.494 e. The molecule has 2 heterocycles. The first-order valence-corrected chi connectivity index (χ1v) is 10.5. The van der Waals surface area contributed by atoms with Crippen molar-refractivity contribution in [1.82, 2.24) is 9.88 Å². The number of nitrogens with two attached hydrogens (primary N) is 1. The Kier molecular flexibility index (Phi) is 5.74. The van der Waals surface area contributed by atoms with Crippen LogP contribution in [0.15, 0.2) is 59.4 Å². The second kappa shape index (κ2) is 8.64. The average Bonchev–Trinajstić information content (AvgIpc) is 3.20. The average molecular weight is 449 g/mol. The van der Waals surface area contributed by atoms with Crippen LogP contribution in [0.5, 0.6) is 5.75 Å². The van der Waals surface area contributed by atoms with Crippen molar-refractivity contribution in [2.45, 2.75) is 6.54 Å². The Morgan fingerprint density at radius 3 is 2.44 bits per heavy atom. The third-order valence-corrected chi connectivity index (χ3v) is 6.20. The summed E-state index contributed by atoms with van der Waals surface area (Å²) in [5, 5.41) is 3.34. The van der Waals surface area contributed by atoms with Crippen LogP contribution in [0.3, 0.4) is 0 Å². The van der Waals surface area contributed by atoms with Gasteiger partial charge in [0.25, 0.3) is 11.5 Å². The van der Waals surface area contributed by atoms with Crippen molar-refractivity contribution in [3.8, 4) is 5.75 Å². The Hall–Kier alpha value is -3.98. The SMILES string of the molecule is COc1c(C(=O)NCC(N)=O)sc2c1c(=O)n(CC(=O)c1ccccc1)c1ccccc21. The standard InChI is InChI=1S/C23H19N3O5S/c1-31-19-18-20(32-21(19)22(29)25-11-17(24)28)14-9-5-6-10-15(14)26(23(18)30)12-16(27)13-7-3-2-4-8-13/h2-10H,11-12H2,1H3,(H2,24,28)(H,25,29). The lowest BCUT2D eigenvalue weighted by molar-refractivity contribution is -0.117. The topological polar surface area (TPSA) is 120 Å². The number of amides is 2. The van der Waals surface area contributed by atoms with E-state index in [1.165, 1.54) is 11.7 Å². The number of pyridine rings is 1. The highest BCUT2D eigenvalue weighted by Gasteiger charge is 2.25. The Balaban J connectivity index is 1.92. The molecule has 0 bridgehead atoms. The Labute approximate surface area is 186 Å². The number of carbonyl (C=O) groups excluding carboxylic acids is 3. The molecule has 4 aromatic rings. The van der Waals surface area contributed by atoms with Gasteiger partial charge in [0.05, 0.1) is 30.4 Å². The largest absolute Gasteiger partial charge is 0.494 e. The third kappa shape index (κ3) is 3.74. The lowest BCUT2D eigenvalue weighted by atomic mass is 10.1. The van der Waals surface area contributed by atoms with E-state index in [0.29, 0.717) is 21.2 Å². The molecular formula is C23H19N3O5S. The van der Waals surface area contributed by atoms with Crippen molar-refractivity contribution >= 4 is 49.9 Å². The molecule has 3 N–H and O–H groups in total. The van der Waals surface area contributed by atoms with Crippen LogP contribution in [0.4, 0.5) is 0 Å². The first-order valence-electron chi connectivity index (χ1n) is 9.69. The molecule has 9 heteroatoms. The van der Waals surface area contributed by atoms with Gasteiger partial charge in [-0.1, -0.05) is 48.5 Å². The summed E-state index contributed by atoms with van der Waals surface area (Å²) in [5.41, 5.74) is 5.74. The van der Waals surface area contributed by atoms with Crippen molar-refractivity contribution in [3.05, 3.63) is 75.4 Å². The summed E-state index contributed by atoms with van der Waals surface area (Å²) in [6.45, 7) is -0.506. The lowest BCUT2D eigenvalue weighted by Crippen LogP contribution is -2.33. The first kappa shape index (κ1) is 21.3. The number of fused-ring (bicyclic) bond motifs is 3. The molecule has 2 amide bonds. The molecule has 2 aromatic heterocycles. The van der Waals surface area contributed by atoms with E-state index in [9.17, 15) is 19.2 Å². The van der Waals surface area contributed by atoms with Gasteiger partial charge in [-0.05, 0) is 6.07 Å². The van der Waals surface area contributed by atoms with Gasteiger partial charge in [-0.2, -0.15) is 0 Å². The first-order chi connectivity index (χ1) is 15.4. The van der Waals surface area contributed by atoms with Gasteiger partial charge in [0, 0.05) is 10.9 Å². The molecule has 0 fully saturated rings. The van der Waals surface area contributed by atoms with Gasteiger partial charge in [0.1, 0.15) is 10.3 Å². The predicted molar refractivity (Wildman–Crippen MR) is 122 cm³/mol. The number of carbonyl (C=O) groups is 3. The molecule has 2 aromatic carbocycles. The Bertz CT molecular complexity index is 1420. The van der Waals surface area contributed by atoms with Crippen molar-refractivity contribution in [2.75, 3.05) is 13.7 Å². The van der Waals surface area contributed by atoms with Crippen LogP contribution in [-0.4, -0.2) is 35.8 Å². The van der Waals surface area contributed by atoms with Gasteiger partial charge in [-0.3, -0.25) is 23.7 Å². The van der Waals surface area contributed by atoms with Crippen LogP contribution >= 0.6 is 11.3 Å². The molecule has 32 heavy (non-hydrogen) atoms. The number of nitrogens with one attached hydrogen (secondary N) is 1. The predicted octanol–water partition coefficient (Wildman–Crippen LogP) is 2.32. The maximum atomic E-state index is 13.5. The normalized spacial score (nSPS) is 10.9. The fraction of sp³-hybridized carbons (Fsp3) is 0.130. The second-order valence-corrected chi connectivity index (χ2v) is 8.04. The van der Waals surface area contributed by atoms with E-state index >= 15 is 0 Å². The highest BCUT2D eigenvalue weighted by atomic mass is 32.1. The number of rotatable bonds is 7. The van der Waals surface area contributed by atoms with E-state index in [4.69, 9.17) is 10.5 Å². The fourth-order valence-electron chi connectivity index (χ4n) is 3.55. The molecule has 0 aliphatic rings. The van der Waals surface area contributed by atoms with Crippen molar-refractivity contribution < 1.29 is 19.1 Å². The highest BCUT2D eigenvalue weighted by molar-refractivity contribution is 7.22. The number of methoxy groups -OCH3 is 1. The van der Waals surface area contributed by atoms with Crippen molar-refractivity contribution in [3.63, 3.8) is 0 Å². The maximum absolute atomic E-state index is 13.5. The molecule has 0 aliphatic carbocycles. The van der Waals surface area contributed by atoms with Crippen LogP contribution in [0, 0.1) is 0 Å². The zero-order chi connectivity index (χ0) is 22.8. The minimum absolute atomic E-state index is 0.101. The van der Waals surface area contributed by atoms with Crippen LogP contribution in [0.2, 0.25) is 0 Å². The summed E-state index contributed by atoms with van der Waals surface area (Å²) in [6.07, 6.45) is 0. The van der Waals surface area contributed by atoms with E-state index in [-0.39, 0.29) is 34.9 Å². The minimum atomic E-state index is -0.689. The Morgan fingerprint density at radius 1 is 1.06 bits per heavy atom. The van der Waals surface area contributed by atoms with Gasteiger partial charge in [0.15, 0.2) is 11.5 Å². The zero-order valence-electron chi connectivity index (χ0n) is 17.1. The zero-order valence-corrected chi connectivity index (χ0v) is 17.9. The number of nitrogens with zero attached hydrogens (tertiary/aromatic N) is 1. The van der Waals surface area contributed by atoms with Crippen LogP contribution in [-0.2, 0) is 11.3 Å².